The Labute approximate surface area is 302 Å². The Morgan fingerprint density at radius 1 is 0.596 bits per heavy atom. The van der Waals surface area contributed by atoms with Crippen LogP contribution in [0, 0.1) is 0 Å². The van der Waals surface area contributed by atoms with E-state index in [2.05, 4.69) is 4.98 Å². The van der Waals surface area contributed by atoms with Crippen LogP contribution in [0.2, 0.25) is 0 Å². The normalized spacial score (nSPS) is 18.2. The summed E-state index contributed by atoms with van der Waals surface area (Å²) >= 11 is 0. The monoisotopic (exact) mass is 620 g/mol. The van der Waals surface area contributed by atoms with Crippen molar-refractivity contribution in [2.45, 2.75) is 13.2 Å². The molecule has 0 spiro atoms. The molecule has 0 N–H and O–H groups in total. The van der Waals surface area contributed by atoms with Crippen LogP contribution in [0.1, 0.15) is 40.1 Å². The summed E-state index contributed by atoms with van der Waals surface area (Å²) in [5.74, 6) is -0.366. The molecule has 1 heterocycles. The maximum atomic E-state index is 9.43. The second-order valence-electron chi connectivity index (χ2n) is 10.7. The highest BCUT2D eigenvalue weighted by atomic mass is 15.1. The highest BCUT2D eigenvalue weighted by molar-refractivity contribution is 6.21. The minimum Gasteiger partial charge on any atom is -0.296 e. The number of imidazole rings is 1. The van der Waals surface area contributed by atoms with Gasteiger partial charge >= 0.3 is 0 Å². The van der Waals surface area contributed by atoms with E-state index in [-0.39, 0.29) is 38.5 Å². The number of hydrogen-bond acceptors (Lipinski definition) is 1. The Morgan fingerprint density at radius 2 is 1.19 bits per heavy atom. The zero-order chi connectivity index (χ0) is 48.7. The summed E-state index contributed by atoms with van der Waals surface area (Å²) in [5.41, 5.74) is 1.23. The molecule has 222 valence electrons. The Bertz CT molecular complexity index is 3570. The molecule has 1 aromatic heterocycles. The van der Waals surface area contributed by atoms with E-state index in [1.54, 1.807) is 72.8 Å². The highest BCUT2D eigenvalue weighted by Gasteiger charge is 2.18. The van der Waals surface area contributed by atoms with Crippen LogP contribution >= 0.6 is 0 Å². The number of nitrogens with zero attached hydrogens (tertiary/aromatic N) is 2. The first-order valence-corrected chi connectivity index (χ1v) is 14.6. The van der Waals surface area contributed by atoms with Gasteiger partial charge in [0.1, 0.15) is 5.82 Å². The van der Waals surface area contributed by atoms with Gasteiger partial charge in [0, 0.05) is 18.8 Å². The Morgan fingerprint density at radius 3 is 1.91 bits per heavy atom. The fourth-order valence-electron chi connectivity index (χ4n) is 6.15. The van der Waals surface area contributed by atoms with E-state index >= 15 is 0 Å². The van der Waals surface area contributed by atoms with Crippen molar-refractivity contribution in [3.8, 4) is 39.1 Å². The maximum absolute atomic E-state index is 9.43. The van der Waals surface area contributed by atoms with Crippen molar-refractivity contribution in [2.75, 3.05) is 0 Å². The van der Waals surface area contributed by atoms with Crippen LogP contribution in [0.3, 0.4) is 0 Å². The molecule has 0 unspecified atom stereocenters. The number of hydrogen-bond donors (Lipinski definition) is 0. The van der Waals surface area contributed by atoms with E-state index in [1.165, 1.54) is 4.57 Å². The zero-order valence-electron chi connectivity index (χ0n) is 44.3. The van der Waals surface area contributed by atoms with Crippen LogP contribution in [-0.4, -0.2) is 9.55 Å². The SMILES string of the molecule is [2H]c1c([2H])c([2H])c2c([2H])c(-c3c4c([2H])c([2H])c([2H])c([2H])c4c(-c4ccc(-c5ccccc5-n5c(C([2H])([2H])C([2H])([2H])[2H])nc6ccccc65)cc4)c4c([2H])c([2H])c([2H])c([2H])c34)c([2H])c([2H])c2c1[2H]. The molecule has 47 heavy (non-hydrogen) atoms. The topological polar surface area (TPSA) is 17.8 Å². The third-order valence-electron chi connectivity index (χ3n) is 8.18. The number of aryl methyl sites for hydroxylation is 1. The van der Waals surface area contributed by atoms with Crippen molar-refractivity contribution in [3.05, 3.63) is 169 Å². The summed E-state index contributed by atoms with van der Waals surface area (Å²) in [4.78, 5) is 4.44. The molecule has 9 rings (SSSR count). The standard InChI is InChI=1S/C45H32N2/c1-2-43-46-40-20-10-12-22-42(40)47(43)41-21-11-9-15-35(41)31-24-26-32(27-25-31)44-36-16-5-7-18-38(36)45(39-19-8-6-17-37(39)44)34-28-23-30-13-3-4-14-33(30)29-34/h3-29H,2H2,1H3/i1D3,2D2,3D,4D,5D,6D,7D,8D,13D,14D,16D,17D,18D,19D,23D,28D,29D. The first-order valence-electron chi connectivity index (χ1n) is 24.6. The number of benzene rings is 8. The van der Waals surface area contributed by atoms with Crippen molar-refractivity contribution in [2.24, 2.45) is 0 Å². The molecule has 2 heteroatoms. The van der Waals surface area contributed by atoms with E-state index in [1.807, 2.05) is 0 Å². The maximum Gasteiger partial charge on any atom is 0.114 e. The largest absolute Gasteiger partial charge is 0.296 e. The van der Waals surface area contributed by atoms with Crippen molar-refractivity contribution in [3.63, 3.8) is 0 Å². The summed E-state index contributed by atoms with van der Waals surface area (Å²) in [6, 6.07) is 9.03. The molecule has 0 saturated carbocycles. The van der Waals surface area contributed by atoms with Gasteiger partial charge < -0.3 is 0 Å². The molecular weight excluding hydrogens is 569 g/mol. The molecule has 0 fully saturated rings. The van der Waals surface area contributed by atoms with Crippen LogP contribution in [0.5, 0.6) is 0 Å². The minimum atomic E-state index is -3.11. The molecule has 2 nitrogen and oxygen atoms in total. The van der Waals surface area contributed by atoms with Gasteiger partial charge in [0.05, 0.1) is 37.3 Å². The number of para-hydroxylation sites is 3. The van der Waals surface area contributed by atoms with E-state index < -0.39 is 126 Å². The molecule has 0 aliphatic rings. The van der Waals surface area contributed by atoms with Crippen LogP contribution in [0.25, 0.3) is 82.4 Å². The van der Waals surface area contributed by atoms with Gasteiger partial charge in [0.15, 0.2) is 0 Å². The lowest BCUT2D eigenvalue weighted by Crippen LogP contribution is -2.02. The van der Waals surface area contributed by atoms with Gasteiger partial charge in [0.2, 0.25) is 0 Å². The van der Waals surface area contributed by atoms with Crippen molar-refractivity contribution < 1.29 is 27.4 Å². The Balaban J connectivity index is 1.39. The van der Waals surface area contributed by atoms with E-state index in [9.17, 15) is 8.22 Å². The highest BCUT2D eigenvalue weighted by Crippen LogP contribution is 2.44. The molecule has 0 radical (unpaired) electrons. The molecule has 0 aliphatic carbocycles. The van der Waals surface area contributed by atoms with Gasteiger partial charge in [-0.2, -0.15) is 0 Å². The van der Waals surface area contributed by atoms with Gasteiger partial charge in [-0.3, -0.25) is 4.57 Å². The lowest BCUT2D eigenvalue weighted by Gasteiger charge is -2.18. The van der Waals surface area contributed by atoms with E-state index in [0.717, 1.165) is 0 Å². The smallest absolute Gasteiger partial charge is 0.114 e. The van der Waals surface area contributed by atoms with Gasteiger partial charge in [-0.05, 0) is 84.4 Å². The van der Waals surface area contributed by atoms with E-state index in [0.29, 0.717) is 27.8 Å². The van der Waals surface area contributed by atoms with Gasteiger partial charge in [-0.25, -0.2) is 4.98 Å². The number of rotatable bonds is 5. The average molecular weight is 621 g/mol. The zero-order valence-corrected chi connectivity index (χ0v) is 24.3. The van der Waals surface area contributed by atoms with Gasteiger partial charge in [-0.1, -0.05) is 146 Å². The predicted molar refractivity (Wildman–Crippen MR) is 199 cm³/mol. The third-order valence-corrected chi connectivity index (χ3v) is 8.18. The van der Waals surface area contributed by atoms with Crippen molar-refractivity contribution in [1.29, 1.82) is 0 Å². The first kappa shape index (κ1) is 13.8. The fraction of sp³-hybridized carbons (Fsp3) is 0.0444. The van der Waals surface area contributed by atoms with E-state index in [4.69, 9.17) is 19.2 Å². The molecule has 0 atom stereocenters. The molecule has 0 bridgehead atoms. The van der Waals surface area contributed by atoms with Crippen LogP contribution in [-0.2, 0) is 6.37 Å². The predicted octanol–water partition coefficient (Wildman–Crippen LogP) is 12.0. The van der Waals surface area contributed by atoms with Gasteiger partial charge in [-0.15, -0.1) is 0 Å². The average Bonchev–Trinajstić information content (AvgIpc) is 3.70. The van der Waals surface area contributed by atoms with Crippen LogP contribution < -0.4 is 0 Å². The van der Waals surface area contributed by atoms with Crippen molar-refractivity contribution in [1.82, 2.24) is 9.55 Å². The van der Waals surface area contributed by atoms with Gasteiger partial charge in [0.25, 0.3) is 0 Å². The second-order valence-corrected chi connectivity index (χ2v) is 10.7. The molecule has 9 aromatic rings. The number of fused-ring (bicyclic) bond motifs is 4. The lowest BCUT2D eigenvalue weighted by atomic mass is 9.85. The summed E-state index contributed by atoms with van der Waals surface area (Å²) in [6.45, 7) is -3.11. The first-order chi connectivity index (χ1) is 31.4. The Hall–Kier alpha value is -5.99. The minimum absolute atomic E-state index is 0.0757. The summed E-state index contributed by atoms with van der Waals surface area (Å²) in [6.07, 6.45) is -2.90. The second kappa shape index (κ2) is 11.1. The van der Waals surface area contributed by atoms with Crippen LogP contribution in [0.4, 0.5) is 0 Å². The summed E-state index contributed by atoms with van der Waals surface area (Å²) in [5, 5.41) is -2.22. The van der Waals surface area contributed by atoms with Crippen molar-refractivity contribution >= 4 is 43.4 Å². The van der Waals surface area contributed by atoms with Crippen LogP contribution in [0.15, 0.2) is 163 Å². The fourth-order valence-corrected chi connectivity index (χ4v) is 6.15. The third kappa shape index (κ3) is 4.45. The summed E-state index contributed by atoms with van der Waals surface area (Å²) in [7, 11) is 0. The molecular formula is C45H32N2. The number of aromatic nitrogens is 2. The molecule has 0 saturated heterocycles. The summed E-state index contributed by atoms with van der Waals surface area (Å²) < 4.78 is 177. The molecule has 8 aromatic carbocycles. The Kier molecular flexibility index (Phi) is 3.26. The molecule has 0 amide bonds. The lowest BCUT2D eigenvalue weighted by molar-refractivity contribution is 0.909. The quantitative estimate of drug-likeness (QED) is 0.175. The molecule has 0 aliphatic heterocycles.